The van der Waals surface area contributed by atoms with Gasteiger partial charge < -0.3 is 5.32 Å². The molecule has 0 unspecified atom stereocenters. The maximum atomic E-state index is 12.5. The third-order valence-corrected chi connectivity index (χ3v) is 4.89. The number of hydrogen-bond acceptors (Lipinski definition) is 1. The van der Waals surface area contributed by atoms with E-state index in [1.165, 1.54) is 0 Å². The van der Waals surface area contributed by atoms with Crippen LogP contribution in [0.2, 0.25) is 0 Å². The summed E-state index contributed by atoms with van der Waals surface area (Å²) in [6, 6.07) is 8.27. The van der Waals surface area contributed by atoms with Crippen molar-refractivity contribution >= 4 is 21.8 Å². The van der Waals surface area contributed by atoms with Gasteiger partial charge in [-0.15, -0.1) is 0 Å². The average molecular weight is 338 g/mol. The Morgan fingerprint density at radius 1 is 1.15 bits per heavy atom. The van der Waals surface area contributed by atoms with Crippen LogP contribution >= 0.6 is 15.9 Å². The van der Waals surface area contributed by atoms with Crippen LogP contribution in [0, 0.1) is 0 Å². The predicted octanol–water partition coefficient (Wildman–Crippen LogP) is 4.42. The van der Waals surface area contributed by atoms with Crippen molar-refractivity contribution in [1.29, 1.82) is 0 Å². The van der Waals surface area contributed by atoms with Crippen LogP contribution in [0.3, 0.4) is 0 Å². The van der Waals surface area contributed by atoms with E-state index < -0.39 is 0 Å². The summed E-state index contributed by atoms with van der Waals surface area (Å²) in [6.07, 6.45) is 4.43. The van der Waals surface area contributed by atoms with Gasteiger partial charge in [0.05, 0.1) is 0 Å². The first-order valence-electron chi connectivity index (χ1n) is 7.42. The number of nitrogens with one attached hydrogen (secondary N) is 1. The molecule has 0 heterocycles. The minimum Gasteiger partial charge on any atom is -0.349 e. The third kappa shape index (κ3) is 3.85. The highest BCUT2D eigenvalue weighted by atomic mass is 79.9. The zero-order valence-corrected chi connectivity index (χ0v) is 14.2. The van der Waals surface area contributed by atoms with Gasteiger partial charge in [-0.3, -0.25) is 4.79 Å². The summed E-state index contributed by atoms with van der Waals surface area (Å²) in [6.45, 7) is 6.44. The normalized spacial score (nSPS) is 23.4. The summed E-state index contributed by atoms with van der Waals surface area (Å²) in [5.41, 5.74) is 1.93. The monoisotopic (exact) mass is 337 g/mol. The van der Waals surface area contributed by atoms with Crippen LogP contribution in [0.25, 0.3) is 0 Å². The summed E-state index contributed by atoms with van der Waals surface area (Å²) >= 11 is 3.65. The summed E-state index contributed by atoms with van der Waals surface area (Å²) in [4.78, 5) is 13.2. The first-order chi connectivity index (χ1) is 9.38. The molecule has 1 N–H and O–H groups in total. The maximum Gasteiger partial charge on any atom is 0.251 e. The van der Waals surface area contributed by atoms with Crippen molar-refractivity contribution in [2.24, 2.45) is 0 Å². The Kier molecular flexibility index (Phi) is 4.90. The summed E-state index contributed by atoms with van der Waals surface area (Å²) in [7, 11) is 0. The number of halogens is 1. The van der Waals surface area contributed by atoms with Crippen molar-refractivity contribution in [3.8, 4) is 0 Å². The molecule has 1 aliphatic carbocycles. The van der Waals surface area contributed by atoms with Gasteiger partial charge in [-0.1, -0.05) is 54.9 Å². The van der Waals surface area contributed by atoms with Gasteiger partial charge >= 0.3 is 0 Å². The quantitative estimate of drug-likeness (QED) is 0.795. The van der Waals surface area contributed by atoms with E-state index in [1.807, 2.05) is 18.2 Å². The number of alkyl halides is 1. The van der Waals surface area contributed by atoms with Crippen LogP contribution in [0.4, 0.5) is 0 Å². The molecule has 3 heteroatoms. The molecule has 0 aromatic heterocycles. The average Bonchev–Trinajstić information content (AvgIpc) is 2.40. The highest BCUT2D eigenvalue weighted by Gasteiger charge is 2.24. The number of hydrogen-bond donors (Lipinski definition) is 1. The minimum absolute atomic E-state index is 0.0124. The number of rotatable bonds is 2. The van der Waals surface area contributed by atoms with Gasteiger partial charge in [0.2, 0.25) is 0 Å². The molecule has 1 fully saturated rings. The van der Waals surface area contributed by atoms with Gasteiger partial charge in [0, 0.05) is 16.4 Å². The Labute approximate surface area is 130 Å². The first-order valence-corrected chi connectivity index (χ1v) is 8.34. The van der Waals surface area contributed by atoms with Crippen molar-refractivity contribution in [3.63, 3.8) is 0 Å². The van der Waals surface area contributed by atoms with E-state index >= 15 is 0 Å². The molecule has 0 saturated heterocycles. The molecule has 0 aliphatic heterocycles. The van der Waals surface area contributed by atoms with E-state index in [4.69, 9.17) is 0 Å². The molecule has 20 heavy (non-hydrogen) atoms. The smallest absolute Gasteiger partial charge is 0.251 e. The van der Waals surface area contributed by atoms with E-state index in [0.717, 1.165) is 36.8 Å². The van der Waals surface area contributed by atoms with Crippen molar-refractivity contribution in [3.05, 3.63) is 35.4 Å². The van der Waals surface area contributed by atoms with E-state index in [2.05, 4.69) is 48.1 Å². The van der Waals surface area contributed by atoms with Crippen LogP contribution in [0.15, 0.2) is 24.3 Å². The lowest BCUT2D eigenvalue weighted by molar-refractivity contribution is 0.0926. The van der Waals surface area contributed by atoms with Crippen LogP contribution in [-0.4, -0.2) is 16.8 Å². The second kappa shape index (κ2) is 6.30. The summed E-state index contributed by atoms with van der Waals surface area (Å²) in [5, 5.41) is 3.21. The predicted molar refractivity (Wildman–Crippen MR) is 87.6 cm³/mol. The molecule has 1 saturated carbocycles. The molecule has 0 radical (unpaired) electrons. The van der Waals surface area contributed by atoms with Crippen molar-refractivity contribution in [1.82, 2.24) is 5.32 Å². The first kappa shape index (κ1) is 15.6. The molecular formula is C17H24BrNO. The Bertz CT molecular complexity index is 470. The van der Waals surface area contributed by atoms with E-state index in [1.54, 1.807) is 0 Å². The lowest BCUT2D eigenvalue weighted by Crippen LogP contribution is -2.38. The molecular weight excluding hydrogens is 314 g/mol. The van der Waals surface area contributed by atoms with Gasteiger partial charge in [-0.25, -0.2) is 0 Å². The molecule has 2 nitrogen and oxygen atoms in total. The second-order valence-electron chi connectivity index (χ2n) is 6.72. The lowest BCUT2D eigenvalue weighted by atomic mass is 9.83. The lowest BCUT2D eigenvalue weighted by Gasteiger charge is -2.27. The fourth-order valence-electron chi connectivity index (χ4n) is 2.80. The molecule has 1 aliphatic rings. The molecule has 2 rings (SSSR count). The van der Waals surface area contributed by atoms with Crippen molar-refractivity contribution < 1.29 is 4.79 Å². The molecule has 0 spiro atoms. The number of carbonyl (C=O) groups is 1. The SMILES string of the molecule is CC(C)(C)c1ccccc1C(=O)NC1CCC(Br)CC1. The number of carbonyl (C=O) groups excluding carboxylic acids is 1. The fraction of sp³-hybridized carbons (Fsp3) is 0.588. The molecule has 1 aromatic carbocycles. The Balaban J connectivity index is 2.10. The Hall–Kier alpha value is -0.830. The standard InChI is InChI=1S/C17H24BrNO/c1-17(2,3)15-7-5-4-6-14(15)16(20)19-13-10-8-12(18)9-11-13/h4-7,12-13H,8-11H2,1-3H3,(H,19,20). The number of benzene rings is 1. The summed E-state index contributed by atoms with van der Waals surface area (Å²) in [5.74, 6) is 0.0774. The third-order valence-electron chi connectivity index (χ3n) is 3.97. The van der Waals surface area contributed by atoms with Gasteiger partial charge in [0.25, 0.3) is 5.91 Å². The molecule has 0 bridgehead atoms. The van der Waals surface area contributed by atoms with Gasteiger partial charge in [-0.2, -0.15) is 0 Å². The largest absolute Gasteiger partial charge is 0.349 e. The Morgan fingerprint density at radius 2 is 1.75 bits per heavy atom. The second-order valence-corrected chi connectivity index (χ2v) is 8.01. The van der Waals surface area contributed by atoms with Crippen LogP contribution in [0.1, 0.15) is 62.4 Å². The van der Waals surface area contributed by atoms with Crippen LogP contribution in [0.5, 0.6) is 0 Å². The molecule has 110 valence electrons. The van der Waals surface area contributed by atoms with Gasteiger partial charge in [-0.05, 0) is 42.7 Å². The van der Waals surface area contributed by atoms with Crippen LogP contribution < -0.4 is 5.32 Å². The van der Waals surface area contributed by atoms with Gasteiger partial charge in [0.15, 0.2) is 0 Å². The minimum atomic E-state index is -0.0124. The summed E-state index contributed by atoms with van der Waals surface area (Å²) < 4.78 is 0. The molecule has 1 aromatic rings. The highest BCUT2D eigenvalue weighted by Crippen LogP contribution is 2.27. The van der Waals surface area contributed by atoms with E-state index in [9.17, 15) is 4.79 Å². The number of amides is 1. The fourth-order valence-corrected chi connectivity index (χ4v) is 3.32. The molecule has 0 atom stereocenters. The van der Waals surface area contributed by atoms with E-state index in [-0.39, 0.29) is 11.3 Å². The highest BCUT2D eigenvalue weighted by molar-refractivity contribution is 9.09. The topological polar surface area (TPSA) is 29.1 Å². The molecule has 1 amide bonds. The zero-order chi connectivity index (χ0) is 14.8. The zero-order valence-electron chi connectivity index (χ0n) is 12.6. The van der Waals surface area contributed by atoms with E-state index in [0.29, 0.717) is 10.9 Å². The van der Waals surface area contributed by atoms with Gasteiger partial charge in [0.1, 0.15) is 0 Å². The Morgan fingerprint density at radius 3 is 2.35 bits per heavy atom. The van der Waals surface area contributed by atoms with Crippen molar-refractivity contribution in [2.75, 3.05) is 0 Å². The van der Waals surface area contributed by atoms with Crippen molar-refractivity contribution in [2.45, 2.75) is 62.7 Å². The maximum absolute atomic E-state index is 12.5. The van der Waals surface area contributed by atoms with Crippen LogP contribution in [-0.2, 0) is 5.41 Å².